The zero-order valence-corrected chi connectivity index (χ0v) is 18.4. The van der Waals surface area contributed by atoms with Crippen molar-refractivity contribution in [1.82, 2.24) is 9.29 Å². The summed E-state index contributed by atoms with van der Waals surface area (Å²) in [6.45, 7) is 0.446. The van der Waals surface area contributed by atoms with Gasteiger partial charge in [-0.15, -0.1) is 5.92 Å². The first-order valence-corrected chi connectivity index (χ1v) is 11.3. The topological polar surface area (TPSA) is 120 Å². The molecule has 0 unspecified atom stereocenters. The molecule has 8 nitrogen and oxygen atoms in total. The number of rotatable bonds is 5. The Labute approximate surface area is 189 Å². The molecular formula is C21H23F3N4O4S. The summed E-state index contributed by atoms with van der Waals surface area (Å²) in [7, 11) is -3.85. The van der Waals surface area contributed by atoms with Crippen LogP contribution >= 0.6 is 0 Å². The summed E-state index contributed by atoms with van der Waals surface area (Å²) in [5, 5.41) is 19.1. The van der Waals surface area contributed by atoms with Gasteiger partial charge in [0.15, 0.2) is 0 Å². The maximum Gasteiger partial charge on any atom is 0.423 e. The van der Waals surface area contributed by atoms with Gasteiger partial charge in [0.2, 0.25) is 15.6 Å². The Bertz CT molecular complexity index is 1150. The minimum absolute atomic E-state index is 0.00634. The SMILES string of the molecule is CC#C[C@H]1CN(S(=O)(=O)c2ccc(N)nc2)CCN1c1ccc([C@](O)(CO)C(F)(F)F)cc1. The van der Waals surface area contributed by atoms with Crippen molar-refractivity contribution in [3.8, 4) is 11.8 Å². The lowest BCUT2D eigenvalue weighted by Crippen LogP contribution is -2.54. The summed E-state index contributed by atoms with van der Waals surface area (Å²) < 4.78 is 66.9. The number of aliphatic hydroxyl groups excluding tert-OH is 1. The van der Waals surface area contributed by atoms with Crippen LogP contribution in [0.3, 0.4) is 0 Å². The fraction of sp³-hybridized carbons (Fsp3) is 0.381. The minimum atomic E-state index is -5.06. The van der Waals surface area contributed by atoms with E-state index in [0.29, 0.717) is 5.69 Å². The first-order chi connectivity index (χ1) is 15.4. The predicted molar refractivity (Wildman–Crippen MR) is 115 cm³/mol. The highest BCUT2D eigenvalue weighted by Gasteiger charge is 2.54. The summed E-state index contributed by atoms with van der Waals surface area (Å²) in [5.41, 5.74) is 2.14. The van der Waals surface area contributed by atoms with Crippen LogP contribution in [0.5, 0.6) is 0 Å². The van der Waals surface area contributed by atoms with Crippen molar-refractivity contribution in [2.45, 2.75) is 29.6 Å². The zero-order chi connectivity index (χ0) is 24.4. The van der Waals surface area contributed by atoms with Crippen molar-refractivity contribution >= 4 is 21.5 Å². The average Bonchev–Trinajstić information content (AvgIpc) is 2.78. The Hall–Kier alpha value is -2.85. The number of alkyl halides is 3. The first kappa shape index (κ1) is 24.8. The predicted octanol–water partition coefficient (Wildman–Crippen LogP) is 1.31. The quantitative estimate of drug-likeness (QED) is 0.548. The van der Waals surface area contributed by atoms with Crippen molar-refractivity contribution in [2.75, 3.05) is 36.9 Å². The number of aromatic nitrogens is 1. The standard InChI is InChI=1S/C21H23F3N4O4S/c1-2-3-17-13-27(33(31,32)18-8-9-19(25)26-12-18)10-11-28(17)16-6-4-15(5-7-16)20(30,14-29)21(22,23)24/h4-9,12,17,29-30H,10-11,13-14H2,1H3,(H2,25,26)/t17-,20+/m0/s1. The molecule has 0 saturated carbocycles. The van der Waals surface area contributed by atoms with E-state index in [2.05, 4.69) is 16.8 Å². The van der Waals surface area contributed by atoms with E-state index in [1.54, 1.807) is 11.8 Å². The Morgan fingerprint density at radius 1 is 1.18 bits per heavy atom. The van der Waals surface area contributed by atoms with Gasteiger partial charge in [-0.25, -0.2) is 13.4 Å². The molecule has 2 heterocycles. The van der Waals surface area contributed by atoms with Crippen molar-refractivity contribution in [3.63, 3.8) is 0 Å². The van der Waals surface area contributed by atoms with Crippen molar-refractivity contribution in [3.05, 3.63) is 48.2 Å². The summed E-state index contributed by atoms with van der Waals surface area (Å²) >= 11 is 0. The fourth-order valence-electron chi connectivity index (χ4n) is 3.54. The van der Waals surface area contributed by atoms with Crippen molar-refractivity contribution < 1.29 is 31.8 Å². The largest absolute Gasteiger partial charge is 0.423 e. The van der Waals surface area contributed by atoms with Gasteiger partial charge in [0.05, 0.1) is 6.61 Å². The van der Waals surface area contributed by atoms with Gasteiger partial charge in [0, 0.05) is 31.5 Å². The van der Waals surface area contributed by atoms with E-state index in [1.807, 2.05) is 0 Å². The van der Waals surface area contributed by atoms with Gasteiger partial charge in [-0.3, -0.25) is 0 Å². The summed E-state index contributed by atoms with van der Waals surface area (Å²) in [4.78, 5) is 5.60. The number of anilines is 2. The van der Waals surface area contributed by atoms with E-state index in [1.165, 1.54) is 34.8 Å². The normalized spacial score (nSPS) is 19.5. The molecule has 12 heteroatoms. The number of aliphatic hydroxyl groups is 2. The highest BCUT2D eigenvalue weighted by molar-refractivity contribution is 7.89. The lowest BCUT2D eigenvalue weighted by molar-refractivity contribution is -0.277. The molecule has 1 aliphatic rings. The summed E-state index contributed by atoms with van der Waals surface area (Å²) in [6.07, 6.45) is -3.88. The number of halogens is 3. The minimum Gasteiger partial charge on any atom is -0.393 e. The Morgan fingerprint density at radius 2 is 1.85 bits per heavy atom. The van der Waals surface area contributed by atoms with E-state index < -0.39 is 40.0 Å². The third-order valence-corrected chi connectivity index (χ3v) is 7.27. The molecule has 0 bridgehead atoms. The van der Waals surface area contributed by atoms with E-state index in [4.69, 9.17) is 10.8 Å². The van der Waals surface area contributed by atoms with Gasteiger partial charge in [-0.05, 0) is 36.8 Å². The molecule has 1 aromatic heterocycles. The molecule has 2 atom stereocenters. The van der Waals surface area contributed by atoms with Gasteiger partial charge < -0.3 is 20.8 Å². The molecule has 1 aromatic carbocycles. The third-order valence-electron chi connectivity index (χ3n) is 5.43. The van der Waals surface area contributed by atoms with Gasteiger partial charge in [-0.1, -0.05) is 18.1 Å². The molecule has 2 aromatic rings. The lowest BCUT2D eigenvalue weighted by atomic mass is 9.93. The maximum atomic E-state index is 13.2. The van der Waals surface area contributed by atoms with Gasteiger partial charge >= 0.3 is 6.18 Å². The van der Waals surface area contributed by atoms with Crippen molar-refractivity contribution in [2.24, 2.45) is 0 Å². The van der Waals surface area contributed by atoms with Crippen LogP contribution in [0, 0.1) is 11.8 Å². The highest BCUT2D eigenvalue weighted by atomic mass is 32.2. The number of piperazine rings is 1. The van der Waals surface area contributed by atoms with Crippen LogP contribution in [0.4, 0.5) is 24.7 Å². The number of pyridine rings is 1. The Kier molecular flexibility index (Phi) is 6.90. The van der Waals surface area contributed by atoms with Crippen molar-refractivity contribution in [1.29, 1.82) is 0 Å². The third kappa shape index (κ3) is 4.77. The second-order valence-electron chi connectivity index (χ2n) is 7.45. The molecule has 178 valence electrons. The number of hydrogen-bond donors (Lipinski definition) is 3. The van der Waals surface area contributed by atoms with Crippen LogP contribution in [-0.2, 0) is 15.6 Å². The average molecular weight is 485 g/mol. The first-order valence-electron chi connectivity index (χ1n) is 9.85. The molecule has 33 heavy (non-hydrogen) atoms. The molecule has 0 spiro atoms. The Balaban J connectivity index is 1.86. The molecule has 1 fully saturated rings. The molecule has 1 saturated heterocycles. The monoisotopic (exact) mass is 484 g/mol. The second-order valence-corrected chi connectivity index (χ2v) is 9.39. The fourth-order valence-corrected chi connectivity index (χ4v) is 4.93. The van der Waals surface area contributed by atoms with Gasteiger partial charge in [-0.2, -0.15) is 17.5 Å². The molecule has 0 amide bonds. The van der Waals surface area contributed by atoms with E-state index in [-0.39, 0.29) is 30.3 Å². The van der Waals surface area contributed by atoms with Crippen LogP contribution in [0.1, 0.15) is 12.5 Å². The molecule has 0 radical (unpaired) electrons. The van der Waals surface area contributed by atoms with Crippen LogP contribution < -0.4 is 10.6 Å². The molecule has 0 aliphatic carbocycles. The zero-order valence-electron chi connectivity index (χ0n) is 17.6. The number of nitrogens with zero attached hydrogens (tertiary/aromatic N) is 3. The number of nitrogen functional groups attached to an aromatic ring is 1. The highest BCUT2D eigenvalue weighted by Crippen LogP contribution is 2.39. The molecule has 3 rings (SSSR count). The number of hydrogen-bond acceptors (Lipinski definition) is 7. The Morgan fingerprint density at radius 3 is 2.36 bits per heavy atom. The van der Waals surface area contributed by atoms with Crippen LogP contribution in [-0.4, -0.2) is 66.4 Å². The van der Waals surface area contributed by atoms with Gasteiger partial charge in [0.1, 0.15) is 16.8 Å². The number of nitrogens with two attached hydrogens (primary N) is 1. The number of sulfonamides is 1. The van der Waals surface area contributed by atoms with E-state index in [0.717, 1.165) is 12.1 Å². The molecular weight excluding hydrogens is 461 g/mol. The molecule has 4 N–H and O–H groups in total. The van der Waals surface area contributed by atoms with E-state index >= 15 is 0 Å². The summed E-state index contributed by atoms with van der Waals surface area (Å²) in [5.74, 6) is 5.89. The van der Waals surface area contributed by atoms with Crippen LogP contribution in [0.2, 0.25) is 0 Å². The maximum absolute atomic E-state index is 13.2. The smallest absolute Gasteiger partial charge is 0.393 e. The second kappa shape index (κ2) is 9.18. The lowest BCUT2D eigenvalue weighted by Gasteiger charge is -2.40. The summed E-state index contributed by atoms with van der Waals surface area (Å²) in [6, 6.07) is 7.11. The van der Waals surface area contributed by atoms with Gasteiger partial charge in [0.25, 0.3) is 0 Å². The molecule has 1 aliphatic heterocycles. The number of benzene rings is 1. The van der Waals surface area contributed by atoms with Crippen LogP contribution in [0.25, 0.3) is 0 Å². The van der Waals surface area contributed by atoms with E-state index in [9.17, 15) is 26.7 Å². The van der Waals surface area contributed by atoms with Crippen LogP contribution in [0.15, 0.2) is 47.5 Å².